The predicted molar refractivity (Wildman–Crippen MR) is 37.0 cm³/mol. The molecule has 0 spiro atoms. The molecule has 0 radical (unpaired) electrons. The third kappa shape index (κ3) is 0.795. The van der Waals surface area contributed by atoms with Crippen molar-refractivity contribution in [3.05, 3.63) is 35.6 Å². The Morgan fingerprint density at radius 2 is 2.00 bits per heavy atom. The Hall–Kier alpha value is -1.78. The summed E-state index contributed by atoms with van der Waals surface area (Å²) in [5.41, 5.74) is 0. The first kappa shape index (κ1) is 6.90. The number of fused-ring (bicyclic) bond motifs is 1. The molecule has 64 valence electrons. The molecule has 5 nitrogen and oxygen atoms in total. The Morgan fingerprint density at radius 1 is 1.25 bits per heavy atom. The molecule has 2 heterocycles. The first-order valence-corrected chi connectivity index (χ1v) is 3.25. The molecule has 0 aromatic carbocycles. The van der Waals surface area contributed by atoms with Crippen molar-refractivity contribution in [3.63, 3.8) is 0 Å². The summed E-state index contributed by atoms with van der Waals surface area (Å²) in [6, 6.07) is 0. The van der Waals surface area contributed by atoms with Crippen molar-refractivity contribution in [1.29, 1.82) is 0 Å². The van der Waals surface area contributed by atoms with Gasteiger partial charge < -0.3 is 24.8 Å². The molecule has 2 aliphatic heterocycles. The number of hydrogen-bond acceptors (Lipinski definition) is 5. The van der Waals surface area contributed by atoms with E-state index in [1.807, 2.05) is 0 Å². The number of aliphatic hydroxyl groups excluding tert-OH is 3. The maximum atomic E-state index is 9.18. The van der Waals surface area contributed by atoms with E-state index in [-0.39, 0.29) is 11.7 Å². The molecular formula is C7H6O5. The van der Waals surface area contributed by atoms with Gasteiger partial charge in [0, 0.05) is 6.08 Å². The molecule has 0 fully saturated rings. The zero-order valence-electron chi connectivity index (χ0n) is 5.89. The fraction of sp³-hybridized carbons (Fsp3) is 0.143. The van der Waals surface area contributed by atoms with Gasteiger partial charge >= 0.3 is 0 Å². The van der Waals surface area contributed by atoms with Gasteiger partial charge in [-0.05, 0) is 0 Å². The summed E-state index contributed by atoms with van der Waals surface area (Å²) >= 11 is 0. The van der Waals surface area contributed by atoms with Crippen LogP contribution in [-0.2, 0) is 9.47 Å². The SMILES string of the molecule is OC1=CC2OC=C(O)C(O)=C2O1. The zero-order chi connectivity index (χ0) is 8.72. The minimum absolute atomic E-state index is 0.00694. The highest BCUT2D eigenvalue weighted by Crippen LogP contribution is 2.30. The number of rotatable bonds is 0. The lowest BCUT2D eigenvalue weighted by molar-refractivity contribution is 0.0988. The number of ether oxygens (including phenoxy) is 2. The van der Waals surface area contributed by atoms with Crippen LogP contribution >= 0.6 is 0 Å². The molecule has 0 aromatic heterocycles. The summed E-state index contributed by atoms with van der Waals surface area (Å²) in [6.07, 6.45) is 1.62. The average Bonchev–Trinajstić information content (AvgIpc) is 2.39. The van der Waals surface area contributed by atoms with E-state index in [0.717, 1.165) is 6.26 Å². The molecule has 3 N–H and O–H groups in total. The molecule has 12 heavy (non-hydrogen) atoms. The Morgan fingerprint density at radius 3 is 2.75 bits per heavy atom. The molecule has 1 unspecified atom stereocenters. The van der Waals surface area contributed by atoms with E-state index in [1.54, 1.807) is 0 Å². The van der Waals surface area contributed by atoms with Crippen LogP contribution in [0.5, 0.6) is 0 Å². The second-order valence-electron chi connectivity index (χ2n) is 2.38. The standard InChI is InChI=1S/C7H6O5/c8-3-2-11-4-1-5(9)12-7(4)6(3)10/h1-2,4,8-10H. The molecular weight excluding hydrogens is 164 g/mol. The van der Waals surface area contributed by atoms with E-state index >= 15 is 0 Å². The molecule has 0 amide bonds. The highest BCUT2D eigenvalue weighted by atomic mass is 16.6. The first-order chi connectivity index (χ1) is 5.68. The summed E-state index contributed by atoms with van der Waals surface area (Å²) in [4.78, 5) is 0. The smallest absolute Gasteiger partial charge is 0.282 e. The van der Waals surface area contributed by atoms with E-state index in [2.05, 4.69) is 4.74 Å². The van der Waals surface area contributed by atoms with Crippen molar-refractivity contribution in [3.8, 4) is 0 Å². The fourth-order valence-corrected chi connectivity index (χ4v) is 1.01. The van der Waals surface area contributed by atoms with E-state index in [1.165, 1.54) is 6.08 Å². The molecule has 0 bridgehead atoms. The van der Waals surface area contributed by atoms with Crippen LogP contribution in [0.3, 0.4) is 0 Å². The normalized spacial score (nSPS) is 26.8. The number of hydrogen-bond donors (Lipinski definition) is 3. The van der Waals surface area contributed by atoms with Crippen LogP contribution in [0, 0.1) is 0 Å². The molecule has 0 aliphatic carbocycles. The summed E-state index contributed by atoms with van der Waals surface area (Å²) in [7, 11) is 0. The minimum atomic E-state index is -0.638. The number of aliphatic hydroxyl groups is 3. The summed E-state index contributed by atoms with van der Waals surface area (Å²) in [6.45, 7) is 0. The van der Waals surface area contributed by atoms with Gasteiger partial charge in [-0.2, -0.15) is 0 Å². The van der Waals surface area contributed by atoms with Crippen LogP contribution in [0.2, 0.25) is 0 Å². The van der Waals surface area contributed by atoms with Crippen molar-refractivity contribution in [1.82, 2.24) is 0 Å². The molecule has 0 aromatic rings. The van der Waals surface area contributed by atoms with Crippen molar-refractivity contribution in [2.45, 2.75) is 6.10 Å². The highest BCUT2D eigenvalue weighted by molar-refractivity contribution is 5.31. The highest BCUT2D eigenvalue weighted by Gasteiger charge is 2.32. The van der Waals surface area contributed by atoms with Crippen molar-refractivity contribution < 1.29 is 24.8 Å². The lowest BCUT2D eigenvalue weighted by Crippen LogP contribution is -2.15. The zero-order valence-corrected chi connectivity index (χ0v) is 5.89. The van der Waals surface area contributed by atoms with E-state index < -0.39 is 17.6 Å². The second kappa shape index (κ2) is 2.10. The fourth-order valence-electron chi connectivity index (χ4n) is 1.01. The second-order valence-corrected chi connectivity index (χ2v) is 2.38. The Balaban J connectivity index is 2.38. The van der Waals surface area contributed by atoms with Crippen LogP contribution in [-0.4, -0.2) is 21.4 Å². The monoisotopic (exact) mass is 170 g/mol. The molecule has 5 heteroatoms. The Bertz CT molecular complexity index is 312. The third-order valence-electron chi connectivity index (χ3n) is 1.57. The van der Waals surface area contributed by atoms with Gasteiger partial charge in [-0.15, -0.1) is 0 Å². The van der Waals surface area contributed by atoms with Crippen molar-refractivity contribution in [2.75, 3.05) is 0 Å². The predicted octanol–water partition coefficient (Wildman–Crippen LogP) is 0.984. The summed E-state index contributed by atoms with van der Waals surface area (Å²) < 4.78 is 9.53. The van der Waals surface area contributed by atoms with Gasteiger partial charge in [-0.25, -0.2) is 0 Å². The van der Waals surface area contributed by atoms with Gasteiger partial charge in [0.15, 0.2) is 17.6 Å². The van der Waals surface area contributed by atoms with Crippen LogP contribution in [0.25, 0.3) is 0 Å². The van der Waals surface area contributed by atoms with Gasteiger partial charge in [-0.1, -0.05) is 0 Å². The van der Waals surface area contributed by atoms with E-state index in [9.17, 15) is 5.11 Å². The third-order valence-corrected chi connectivity index (χ3v) is 1.57. The maximum absolute atomic E-state index is 9.18. The van der Waals surface area contributed by atoms with Crippen LogP contribution in [0.15, 0.2) is 35.6 Å². The Labute approximate surface area is 67.5 Å². The van der Waals surface area contributed by atoms with Crippen LogP contribution in [0.4, 0.5) is 0 Å². The van der Waals surface area contributed by atoms with Crippen LogP contribution in [0.1, 0.15) is 0 Å². The van der Waals surface area contributed by atoms with Crippen LogP contribution < -0.4 is 0 Å². The maximum Gasteiger partial charge on any atom is 0.282 e. The quantitative estimate of drug-likeness (QED) is 0.505. The van der Waals surface area contributed by atoms with Crippen molar-refractivity contribution >= 4 is 0 Å². The summed E-state index contributed by atoms with van der Waals surface area (Å²) in [5.74, 6) is -1.16. The molecule has 1 atom stereocenters. The Kier molecular flexibility index (Phi) is 1.21. The molecule has 2 rings (SSSR count). The van der Waals surface area contributed by atoms with Gasteiger partial charge in [0.1, 0.15) is 6.26 Å². The lowest BCUT2D eigenvalue weighted by atomic mass is 10.2. The minimum Gasteiger partial charge on any atom is -0.502 e. The van der Waals surface area contributed by atoms with Gasteiger partial charge in [0.05, 0.1) is 0 Å². The van der Waals surface area contributed by atoms with E-state index in [4.69, 9.17) is 14.9 Å². The lowest BCUT2D eigenvalue weighted by Gasteiger charge is -2.15. The topological polar surface area (TPSA) is 79.2 Å². The van der Waals surface area contributed by atoms with Gasteiger partial charge in [0.2, 0.25) is 5.76 Å². The largest absolute Gasteiger partial charge is 0.502 e. The summed E-state index contributed by atoms with van der Waals surface area (Å²) in [5, 5.41) is 27.0. The van der Waals surface area contributed by atoms with Crippen molar-refractivity contribution in [2.24, 2.45) is 0 Å². The average molecular weight is 170 g/mol. The van der Waals surface area contributed by atoms with Gasteiger partial charge in [0.25, 0.3) is 5.95 Å². The molecule has 0 saturated carbocycles. The van der Waals surface area contributed by atoms with Gasteiger partial charge in [-0.3, -0.25) is 0 Å². The first-order valence-electron chi connectivity index (χ1n) is 3.25. The molecule has 0 saturated heterocycles. The van der Waals surface area contributed by atoms with E-state index in [0.29, 0.717) is 0 Å². The molecule has 2 aliphatic rings.